The van der Waals surface area contributed by atoms with Gasteiger partial charge in [-0.3, -0.25) is 0 Å². The molecule has 44 heavy (non-hydrogen) atoms. The maximum atomic E-state index is 2.61. The Kier molecular flexibility index (Phi) is 8.58. The zero-order valence-corrected chi connectivity index (χ0v) is 30.4. The van der Waals surface area contributed by atoms with E-state index in [1.54, 1.807) is 19.9 Å². The van der Waals surface area contributed by atoms with Crippen molar-refractivity contribution in [1.82, 2.24) is 0 Å². The Morgan fingerprint density at radius 1 is 0.636 bits per heavy atom. The molecule has 0 saturated carbocycles. The van der Waals surface area contributed by atoms with Gasteiger partial charge in [-0.1, -0.05) is 0 Å². The average molecular weight is 656 g/mol. The summed E-state index contributed by atoms with van der Waals surface area (Å²) >= 11 is -2.84. The summed E-state index contributed by atoms with van der Waals surface area (Å²) < 4.78 is 3.86. The van der Waals surface area contributed by atoms with Crippen molar-refractivity contribution in [3.63, 3.8) is 0 Å². The Labute approximate surface area is 274 Å². The monoisotopic (exact) mass is 654 g/mol. The molecule has 0 aromatic heterocycles. The van der Waals surface area contributed by atoms with Crippen molar-refractivity contribution < 1.29 is 21.3 Å². The molecule has 0 heterocycles. The SMILES string of the molecule is CCC1=[C]([Zr](=[C](c2ccccc2)c2ccccc2)[CH]2c3cc(C(C)(C)C)ccc3-c3ccc(C(C)(C)C)cc32)C(CC)C=C1. The van der Waals surface area contributed by atoms with Gasteiger partial charge >= 0.3 is 276 Å². The molecule has 0 N–H and O–H groups in total. The number of rotatable bonds is 6. The van der Waals surface area contributed by atoms with E-state index in [2.05, 4.69) is 165 Å². The molecular weight excluding hydrogens is 608 g/mol. The second-order valence-corrected chi connectivity index (χ2v) is 20.7. The molecule has 1 heteroatoms. The molecule has 2 aliphatic rings. The average Bonchev–Trinajstić information content (AvgIpc) is 3.57. The van der Waals surface area contributed by atoms with Crippen molar-refractivity contribution in [3.05, 3.63) is 151 Å². The van der Waals surface area contributed by atoms with Crippen LogP contribution >= 0.6 is 0 Å². The van der Waals surface area contributed by atoms with Crippen molar-refractivity contribution in [2.24, 2.45) is 5.92 Å². The molecule has 2 aliphatic carbocycles. The van der Waals surface area contributed by atoms with E-state index in [9.17, 15) is 0 Å². The quantitative estimate of drug-likeness (QED) is 0.194. The first-order valence-electron chi connectivity index (χ1n) is 16.6. The van der Waals surface area contributed by atoms with E-state index in [1.807, 2.05) is 3.28 Å². The third kappa shape index (κ3) is 5.67. The van der Waals surface area contributed by atoms with Crippen molar-refractivity contribution in [1.29, 1.82) is 0 Å². The summed E-state index contributed by atoms with van der Waals surface area (Å²) in [7, 11) is 0. The second kappa shape index (κ2) is 12.1. The molecule has 0 aliphatic heterocycles. The summed E-state index contributed by atoms with van der Waals surface area (Å²) in [5, 5.41) is 0. The van der Waals surface area contributed by atoms with Crippen LogP contribution in [0.25, 0.3) is 11.1 Å². The predicted molar refractivity (Wildman–Crippen MR) is 187 cm³/mol. The van der Waals surface area contributed by atoms with Crippen LogP contribution in [-0.2, 0) is 32.1 Å². The van der Waals surface area contributed by atoms with Crippen LogP contribution in [0.5, 0.6) is 0 Å². The van der Waals surface area contributed by atoms with Crippen LogP contribution in [0, 0.1) is 5.92 Å². The molecule has 4 aromatic carbocycles. The van der Waals surface area contributed by atoms with Crippen LogP contribution in [0.2, 0.25) is 0 Å². The van der Waals surface area contributed by atoms with Crippen LogP contribution < -0.4 is 0 Å². The van der Waals surface area contributed by atoms with Crippen LogP contribution in [0.3, 0.4) is 0 Å². The van der Waals surface area contributed by atoms with Crippen molar-refractivity contribution in [3.8, 4) is 11.1 Å². The Morgan fingerprint density at radius 3 is 1.52 bits per heavy atom. The predicted octanol–water partition coefficient (Wildman–Crippen LogP) is 11.5. The van der Waals surface area contributed by atoms with E-state index < -0.39 is 21.3 Å². The number of allylic oxidation sites excluding steroid dienone is 4. The zero-order valence-electron chi connectivity index (χ0n) is 28.0. The summed E-state index contributed by atoms with van der Waals surface area (Å²) in [6.45, 7) is 18.9. The number of hydrogen-bond acceptors (Lipinski definition) is 0. The summed E-state index contributed by atoms with van der Waals surface area (Å²) in [6, 6.07) is 37.8. The summed E-state index contributed by atoms with van der Waals surface area (Å²) in [5.41, 5.74) is 13.5. The van der Waals surface area contributed by atoms with Crippen molar-refractivity contribution >= 4 is 3.21 Å². The molecule has 224 valence electrons. The molecule has 1 atom stereocenters. The van der Waals surface area contributed by atoms with Gasteiger partial charge in [0.05, 0.1) is 0 Å². The van der Waals surface area contributed by atoms with E-state index >= 15 is 0 Å². The van der Waals surface area contributed by atoms with Gasteiger partial charge in [-0.25, -0.2) is 0 Å². The first-order valence-corrected chi connectivity index (χ1v) is 20.5. The van der Waals surface area contributed by atoms with Crippen LogP contribution in [0.1, 0.15) is 105 Å². The van der Waals surface area contributed by atoms with Gasteiger partial charge in [-0.15, -0.1) is 0 Å². The fourth-order valence-corrected chi connectivity index (χ4v) is 17.7. The molecule has 0 bridgehead atoms. The molecule has 6 rings (SSSR count). The number of fused-ring (bicyclic) bond motifs is 3. The van der Waals surface area contributed by atoms with Crippen LogP contribution in [0.15, 0.2) is 118 Å². The Bertz CT molecular complexity index is 1660. The summed E-state index contributed by atoms with van der Waals surface area (Å²) in [4.78, 5) is 0. The fraction of sp³-hybridized carbons (Fsp3) is 0.326. The second-order valence-electron chi connectivity index (χ2n) is 14.7. The maximum absolute atomic E-state index is 2.84. The molecule has 0 radical (unpaired) electrons. The number of hydrogen-bond donors (Lipinski definition) is 0. The zero-order chi connectivity index (χ0) is 31.2. The molecule has 4 aromatic rings. The van der Waals surface area contributed by atoms with Gasteiger partial charge in [0.2, 0.25) is 0 Å². The van der Waals surface area contributed by atoms with Gasteiger partial charge in [-0.05, 0) is 0 Å². The molecule has 0 fully saturated rings. The van der Waals surface area contributed by atoms with E-state index in [1.165, 1.54) is 33.4 Å². The molecule has 0 saturated heterocycles. The van der Waals surface area contributed by atoms with E-state index in [0.29, 0.717) is 9.54 Å². The Morgan fingerprint density at radius 2 is 1.11 bits per heavy atom. The van der Waals surface area contributed by atoms with Gasteiger partial charge < -0.3 is 0 Å². The third-order valence-corrected chi connectivity index (χ3v) is 18.6. The molecule has 1 unspecified atom stereocenters. The first-order chi connectivity index (χ1) is 21.0. The Hall–Kier alpha value is -2.89. The van der Waals surface area contributed by atoms with Gasteiger partial charge in [0, 0.05) is 0 Å². The molecular formula is C43H48Zr. The summed E-state index contributed by atoms with van der Waals surface area (Å²) in [6.07, 6.45) is 7.29. The van der Waals surface area contributed by atoms with Gasteiger partial charge in [0.15, 0.2) is 0 Å². The minimum atomic E-state index is -2.84. The topological polar surface area (TPSA) is 0 Å². The van der Waals surface area contributed by atoms with Gasteiger partial charge in [0.1, 0.15) is 0 Å². The standard InChI is InChI=1S/C21H25.C13H10.C9H13.Zr/c1-20(2,3)16-7-9-18-14(12-16)11-15-13-17(21(4,5)6)8-10-19(15)18;1-3-7-12(8-4-1)11-13-9-5-2-6-10-13;1-3-8-5-6-9(4-2)7-8;/h7-13H,1-6H3;1-10H;5-6,8H,3-4H2,1-2H3;. The van der Waals surface area contributed by atoms with Gasteiger partial charge in [-0.2, -0.15) is 0 Å². The minimum absolute atomic E-state index is 0.0918. The van der Waals surface area contributed by atoms with Crippen LogP contribution in [-0.4, -0.2) is 3.21 Å². The first kappa shape index (κ1) is 31.1. The van der Waals surface area contributed by atoms with E-state index in [-0.39, 0.29) is 10.8 Å². The molecule has 0 spiro atoms. The fourth-order valence-electron chi connectivity index (χ4n) is 7.30. The van der Waals surface area contributed by atoms with E-state index in [0.717, 1.165) is 12.8 Å². The van der Waals surface area contributed by atoms with E-state index in [4.69, 9.17) is 0 Å². The third-order valence-electron chi connectivity index (χ3n) is 9.79. The number of benzene rings is 4. The molecule has 0 amide bonds. The normalized spacial score (nSPS) is 16.3. The Balaban J connectivity index is 1.80. The van der Waals surface area contributed by atoms with Crippen LogP contribution in [0.4, 0.5) is 0 Å². The summed E-state index contributed by atoms with van der Waals surface area (Å²) in [5.74, 6) is 0.519. The molecule has 0 nitrogen and oxygen atoms in total. The van der Waals surface area contributed by atoms with Crippen molar-refractivity contribution in [2.75, 3.05) is 0 Å². The van der Waals surface area contributed by atoms with Crippen molar-refractivity contribution in [2.45, 2.75) is 82.7 Å². The van der Waals surface area contributed by atoms with Gasteiger partial charge in [0.25, 0.3) is 0 Å².